The maximum Gasteiger partial charge on any atom is 0.328 e. The summed E-state index contributed by atoms with van der Waals surface area (Å²) in [4.78, 5) is 26.1. The van der Waals surface area contributed by atoms with Crippen LogP contribution in [0.25, 0.3) is 0 Å². The molecule has 0 aliphatic heterocycles. The maximum atomic E-state index is 9.55. The summed E-state index contributed by atoms with van der Waals surface area (Å²) in [5, 5.41) is 15.6. The second-order valence-corrected chi connectivity index (χ2v) is 4.71. The van der Waals surface area contributed by atoms with Gasteiger partial charge in [0.25, 0.3) is 0 Å². The molecule has 134 valence electrons. The van der Waals surface area contributed by atoms with Crippen LogP contribution in [0.2, 0.25) is 0 Å². The van der Waals surface area contributed by atoms with E-state index >= 15 is 0 Å². The number of carboxylic acid groups (broad SMARTS) is 2. The van der Waals surface area contributed by atoms with Crippen molar-refractivity contribution in [1.82, 2.24) is 9.97 Å². The first-order valence-corrected chi connectivity index (χ1v) is 7.39. The largest absolute Gasteiger partial charge is 0.497 e. The maximum absolute atomic E-state index is 9.55. The summed E-state index contributed by atoms with van der Waals surface area (Å²) >= 11 is 0. The van der Waals surface area contributed by atoms with Gasteiger partial charge in [0.2, 0.25) is 0 Å². The lowest BCUT2D eigenvalue weighted by Crippen LogP contribution is -1.99. The van der Waals surface area contributed by atoms with Crippen LogP contribution in [0.4, 0.5) is 0 Å². The lowest BCUT2D eigenvalue weighted by Gasteiger charge is -2.06. The van der Waals surface area contributed by atoms with Crippen LogP contribution in [-0.2, 0) is 16.0 Å². The number of aromatic nitrogens is 2. The van der Waals surface area contributed by atoms with Gasteiger partial charge in [0.1, 0.15) is 11.5 Å². The lowest BCUT2D eigenvalue weighted by molar-refractivity contribution is -0.134. The van der Waals surface area contributed by atoms with Crippen molar-refractivity contribution in [2.24, 2.45) is 0 Å². The fraction of sp³-hybridized carbons (Fsp3) is 0.235. The number of aryl methyl sites for hydroxylation is 1. The molecule has 3 N–H and O–H groups in total. The van der Waals surface area contributed by atoms with Crippen molar-refractivity contribution >= 4 is 11.9 Å². The van der Waals surface area contributed by atoms with Crippen LogP contribution in [0.15, 0.2) is 48.9 Å². The van der Waals surface area contributed by atoms with E-state index in [2.05, 4.69) is 9.97 Å². The molecule has 0 saturated heterocycles. The normalized spacial score (nSPS) is 9.96. The van der Waals surface area contributed by atoms with E-state index in [-0.39, 0.29) is 0 Å². The molecule has 0 atom stereocenters. The average molecular weight is 348 g/mol. The van der Waals surface area contributed by atoms with Crippen LogP contribution >= 0.6 is 0 Å². The zero-order valence-electron chi connectivity index (χ0n) is 13.7. The zero-order valence-corrected chi connectivity index (χ0v) is 13.7. The first-order chi connectivity index (χ1) is 12.0. The van der Waals surface area contributed by atoms with Gasteiger partial charge in [-0.25, -0.2) is 14.6 Å². The van der Waals surface area contributed by atoms with Gasteiger partial charge in [-0.05, 0) is 37.1 Å². The summed E-state index contributed by atoms with van der Waals surface area (Å²) in [7, 11) is 1.65. The molecule has 0 saturated carbocycles. The van der Waals surface area contributed by atoms with Crippen molar-refractivity contribution in [3.8, 4) is 11.5 Å². The van der Waals surface area contributed by atoms with E-state index < -0.39 is 11.9 Å². The second-order valence-electron chi connectivity index (χ2n) is 4.71. The highest BCUT2D eigenvalue weighted by molar-refractivity contribution is 5.89. The van der Waals surface area contributed by atoms with E-state index in [0.717, 1.165) is 30.0 Å². The Labute approximate surface area is 144 Å². The van der Waals surface area contributed by atoms with Crippen molar-refractivity contribution in [2.75, 3.05) is 13.7 Å². The quantitative estimate of drug-likeness (QED) is 0.493. The summed E-state index contributed by atoms with van der Waals surface area (Å²) in [6.45, 7) is 0.700. The van der Waals surface area contributed by atoms with E-state index in [4.69, 9.17) is 19.7 Å². The third kappa shape index (κ3) is 9.44. The Hall–Kier alpha value is -3.29. The summed E-state index contributed by atoms with van der Waals surface area (Å²) in [6, 6.07) is 7.61. The minimum Gasteiger partial charge on any atom is -0.497 e. The van der Waals surface area contributed by atoms with Crippen LogP contribution in [0.3, 0.4) is 0 Å². The van der Waals surface area contributed by atoms with Crippen LogP contribution in [0, 0.1) is 0 Å². The number of methoxy groups -OCH3 is 1. The number of rotatable bonds is 8. The van der Waals surface area contributed by atoms with E-state index in [1.165, 1.54) is 0 Å². The summed E-state index contributed by atoms with van der Waals surface area (Å²) in [5.41, 5.74) is 1.14. The number of imidazole rings is 1. The van der Waals surface area contributed by atoms with Crippen LogP contribution in [0.1, 0.15) is 12.1 Å². The number of benzene rings is 1. The Morgan fingerprint density at radius 2 is 1.72 bits per heavy atom. The highest BCUT2D eigenvalue weighted by atomic mass is 16.5. The Morgan fingerprint density at radius 1 is 1.12 bits per heavy atom. The molecule has 0 fully saturated rings. The van der Waals surface area contributed by atoms with Crippen molar-refractivity contribution in [3.05, 3.63) is 54.6 Å². The number of carbonyl (C=O) groups is 2. The lowest BCUT2D eigenvalue weighted by atomic mass is 10.2. The van der Waals surface area contributed by atoms with Crippen LogP contribution in [0.5, 0.6) is 11.5 Å². The Kier molecular flexibility index (Phi) is 8.91. The average Bonchev–Trinajstić information content (AvgIpc) is 3.11. The Morgan fingerprint density at radius 3 is 2.20 bits per heavy atom. The van der Waals surface area contributed by atoms with E-state index in [9.17, 15) is 9.59 Å². The van der Waals surface area contributed by atoms with Crippen molar-refractivity contribution in [1.29, 1.82) is 0 Å². The summed E-state index contributed by atoms with van der Waals surface area (Å²) < 4.78 is 10.7. The molecule has 8 heteroatoms. The highest BCUT2D eigenvalue weighted by Crippen LogP contribution is 2.17. The van der Waals surface area contributed by atoms with E-state index in [1.54, 1.807) is 13.4 Å². The molecule has 0 radical (unpaired) electrons. The number of ether oxygens (including phenoxy) is 2. The Balaban J connectivity index is 0.000000333. The standard InChI is InChI=1S/C13H16N2O2.C4H4O4/c1-16-12-4-6-13(7-5-12)17-8-2-3-11-9-14-10-15-11;5-3(6)1-2-4(7)8/h4-7,9-10H,2-3,8H2,1H3,(H,14,15);1-2H,(H,5,6)(H,7,8)/b;2-1-. The third-order valence-electron chi connectivity index (χ3n) is 2.84. The molecule has 0 amide bonds. The van der Waals surface area contributed by atoms with Gasteiger partial charge in [0.05, 0.1) is 20.0 Å². The molecular weight excluding hydrogens is 328 g/mol. The number of nitrogens with zero attached hydrogens (tertiary/aromatic N) is 1. The number of carboxylic acids is 2. The van der Waals surface area contributed by atoms with Crippen LogP contribution in [-0.4, -0.2) is 45.8 Å². The van der Waals surface area contributed by atoms with Gasteiger partial charge in [0, 0.05) is 24.0 Å². The molecule has 0 aliphatic carbocycles. The van der Waals surface area contributed by atoms with Crippen LogP contribution < -0.4 is 9.47 Å². The van der Waals surface area contributed by atoms with Gasteiger partial charge < -0.3 is 24.7 Å². The first kappa shape index (κ1) is 19.8. The molecule has 2 rings (SSSR count). The summed E-state index contributed by atoms with van der Waals surface area (Å²) in [6.07, 6.45) is 6.57. The van der Waals surface area contributed by atoms with Gasteiger partial charge in [-0.15, -0.1) is 0 Å². The minimum absolute atomic E-state index is 0.558. The van der Waals surface area contributed by atoms with E-state index in [0.29, 0.717) is 18.8 Å². The topological polar surface area (TPSA) is 122 Å². The fourth-order valence-corrected chi connectivity index (χ4v) is 1.69. The molecule has 1 aromatic carbocycles. The van der Waals surface area contributed by atoms with E-state index in [1.807, 2.05) is 30.5 Å². The first-order valence-electron chi connectivity index (χ1n) is 7.39. The zero-order chi connectivity index (χ0) is 18.5. The fourth-order valence-electron chi connectivity index (χ4n) is 1.69. The van der Waals surface area contributed by atoms with Crippen molar-refractivity contribution < 1.29 is 29.3 Å². The highest BCUT2D eigenvalue weighted by Gasteiger charge is 1.97. The second kappa shape index (κ2) is 11.3. The molecule has 25 heavy (non-hydrogen) atoms. The molecule has 1 aromatic heterocycles. The third-order valence-corrected chi connectivity index (χ3v) is 2.84. The smallest absolute Gasteiger partial charge is 0.328 e. The molecule has 0 bridgehead atoms. The molecule has 0 aliphatic rings. The van der Waals surface area contributed by atoms with Gasteiger partial charge in [-0.3, -0.25) is 0 Å². The summed E-state index contributed by atoms with van der Waals surface area (Å²) in [5.74, 6) is -0.801. The number of hydrogen-bond donors (Lipinski definition) is 3. The monoisotopic (exact) mass is 348 g/mol. The molecule has 8 nitrogen and oxygen atoms in total. The van der Waals surface area contributed by atoms with Gasteiger partial charge in [-0.2, -0.15) is 0 Å². The van der Waals surface area contributed by atoms with Gasteiger partial charge >= 0.3 is 11.9 Å². The van der Waals surface area contributed by atoms with Gasteiger partial charge in [-0.1, -0.05) is 0 Å². The molecule has 2 aromatic rings. The number of nitrogens with one attached hydrogen (secondary N) is 1. The minimum atomic E-state index is -1.26. The van der Waals surface area contributed by atoms with Crippen molar-refractivity contribution in [2.45, 2.75) is 12.8 Å². The van der Waals surface area contributed by atoms with Gasteiger partial charge in [0.15, 0.2) is 0 Å². The number of aromatic amines is 1. The number of aliphatic carboxylic acids is 2. The molecular formula is C17H20N2O6. The Bertz CT molecular complexity index is 649. The van der Waals surface area contributed by atoms with Crippen molar-refractivity contribution in [3.63, 3.8) is 0 Å². The number of hydrogen-bond acceptors (Lipinski definition) is 5. The molecule has 0 unspecified atom stereocenters. The predicted molar refractivity (Wildman–Crippen MR) is 89.8 cm³/mol. The number of H-pyrrole nitrogens is 1. The predicted octanol–water partition coefficient (Wildman–Crippen LogP) is 2.14. The SMILES string of the molecule is COc1ccc(OCCCc2cnc[nH]2)cc1.O=C(O)/C=C\C(=O)O. The molecule has 0 spiro atoms. The molecule has 1 heterocycles.